The number of hydrogen-bond acceptors (Lipinski definition) is 3. The van der Waals surface area contributed by atoms with Gasteiger partial charge in [-0.1, -0.05) is 12.1 Å². The third-order valence-electron chi connectivity index (χ3n) is 7.34. The molecule has 0 unspecified atom stereocenters. The number of aromatic nitrogens is 2. The summed E-state index contributed by atoms with van der Waals surface area (Å²) in [7, 11) is 0. The van der Waals surface area contributed by atoms with Gasteiger partial charge in [-0.2, -0.15) is 13.2 Å². The first-order chi connectivity index (χ1) is 18.3. The van der Waals surface area contributed by atoms with Crippen LogP contribution in [0.1, 0.15) is 24.1 Å². The Hall–Kier alpha value is -3.72. The van der Waals surface area contributed by atoms with Crippen LogP contribution < -0.4 is 0 Å². The molecular formula is C29H26F4N4O. The first-order valence-corrected chi connectivity index (χ1v) is 12.7. The zero-order valence-electron chi connectivity index (χ0n) is 20.6. The zero-order chi connectivity index (χ0) is 26.4. The van der Waals surface area contributed by atoms with Crippen molar-refractivity contribution in [2.75, 3.05) is 26.2 Å². The van der Waals surface area contributed by atoms with Gasteiger partial charge in [-0.05, 0) is 72.5 Å². The van der Waals surface area contributed by atoms with Crippen LogP contribution in [0.4, 0.5) is 17.6 Å². The Kier molecular flexibility index (Phi) is 6.18. The predicted molar refractivity (Wildman–Crippen MR) is 136 cm³/mol. The summed E-state index contributed by atoms with van der Waals surface area (Å²) in [6, 6.07) is 15.0. The van der Waals surface area contributed by atoms with Crippen LogP contribution in [0.15, 0.2) is 66.9 Å². The summed E-state index contributed by atoms with van der Waals surface area (Å²) in [5, 5.41) is 0. The van der Waals surface area contributed by atoms with Gasteiger partial charge in [0.1, 0.15) is 11.5 Å². The van der Waals surface area contributed by atoms with Crippen molar-refractivity contribution in [3.8, 4) is 22.4 Å². The van der Waals surface area contributed by atoms with Crippen LogP contribution in [0.2, 0.25) is 0 Å². The van der Waals surface area contributed by atoms with Gasteiger partial charge in [0.15, 0.2) is 0 Å². The molecule has 9 heteroatoms. The molecule has 1 amide bonds. The Morgan fingerprint density at radius 2 is 1.61 bits per heavy atom. The van der Waals surface area contributed by atoms with Crippen LogP contribution in [0.25, 0.3) is 28.0 Å². The maximum atomic E-state index is 13.7. The van der Waals surface area contributed by atoms with Gasteiger partial charge >= 0.3 is 6.18 Å². The quantitative estimate of drug-likeness (QED) is 0.308. The number of halogens is 4. The number of pyridine rings is 1. The second-order valence-electron chi connectivity index (χ2n) is 10.0. The summed E-state index contributed by atoms with van der Waals surface area (Å²) in [4.78, 5) is 21.5. The maximum Gasteiger partial charge on any atom is 0.416 e. The molecule has 2 aromatic heterocycles. The largest absolute Gasteiger partial charge is 0.416 e. The lowest BCUT2D eigenvalue weighted by atomic mass is 10.0. The van der Waals surface area contributed by atoms with E-state index >= 15 is 0 Å². The molecule has 0 N–H and O–H groups in total. The third kappa shape index (κ3) is 4.90. The topological polar surface area (TPSA) is 40.9 Å². The molecule has 2 fully saturated rings. The minimum atomic E-state index is -4.43. The smallest absolute Gasteiger partial charge is 0.340 e. The number of hydrogen-bond donors (Lipinski definition) is 0. The van der Waals surface area contributed by atoms with Crippen LogP contribution in [-0.4, -0.2) is 51.3 Å². The summed E-state index contributed by atoms with van der Waals surface area (Å²) in [5.74, 6) is 0.0965. The molecule has 38 heavy (non-hydrogen) atoms. The molecule has 196 valence electrons. The van der Waals surface area contributed by atoms with Gasteiger partial charge in [0, 0.05) is 50.4 Å². The number of piperazine rings is 1. The van der Waals surface area contributed by atoms with Gasteiger partial charge in [-0.25, -0.2) is 9.37 Å². The first-order valence-electron chi connectivity index (χ1n) is 12.7. The van der Waals surface area contributed by atoms with Gasteiger partial charge in [0.25, 0.3) is 0 Å². The van der Waals surface area contributed by atoms with E-state index in [0.717, 1.165) is 36.2 Å². The van der Waals surface area contributed by atoms with Gasteiger partial charge in [0.05, 0.1) is 17.0 Å². The second kappa shape index (κ2) is 9.54. The number of imidazole rings is 1. The summed E-state index contributed by atoms with van der Waals surface area (Å²) >= 11 is 0. The van der Waals surface area contributed by atoms with E-state index in [9.17, 15) is 22.4 Å². The van der Waals surface area contributed by atoms with E-state index in [-0.39, 0.29) is 17.6 Å². The summed E-state index contributed by atoms with van der Waals surface area (Å²) in [5.41, 5.74) is 3.35. The number of carbonyl (C=O) groups is 1. The van der Waals surface area contributed by atoms with E-state index in [1.807, 2.05) is 15.5 Å². The van der Waals surface area contributed by atoms with Crippen molar-refractivity contribution in [2.24, 2.45) is 5.92 Å². The van der Waals surface area contributed by atoms with Crippen LogP contribution in [-0.2, 0) is 17.5 Å². The van der Waals surface area contributed by atoms with E-state index in [1.165, 1.54) is 18.2 Å². The molecular weight excluding hydrogens is 496 g/mol. The zero-order valence-corrected chi connectivity index (χ0v) is 20.6. The monoisotopic (exact) mass is 522 g/mol. The maximum absolute atomic E-state index is 13.7. The molecule has 1 saturated carbocycles. The molecule has 3 heterocycles. The first kappa shape index (κ1) is 24.6. The molecule has 0 atom stereocenters. The van der Waals surface area contributed by atoms with Crippen LogP contribution >= 0.6 is 0 Å². The highest BCUT2D eigenvalue weighted by atomic mass is 19.4. The predicted octanol–water partition coefficient (Wildman–Crippen LogP) is 5.88. The van der Waals surface area contributed by atoms with Crippen molar-refractivity contribution in [1.29, 1.82) is 0 Å². The van der Waals surface area contributed by atoms with Gasteiger partial charge in [-0.3, -0.25) is 9.69 Å². The third-order valence-corrected chi connectivity index (χ3v) is 7.34. The lowest BCUT2D eigenvalue weighted by Gasteiger charge is -2.35. The van der Waals surface area contributed by atoms with Crippen LogP contribution in [0.5, 0.6) is 0 Å². The van der Waals surface area contributed by atoms with Crippen molar-refractivity contribution in [3.63, 3.8) is 0 Å². The fraction of sp³-hybridized carbons (Fsp3) is 0.310. The highest BCUT2D eigenvalue weighted by Crippen LogP contribution is 2.34. The van der Waals surface area contributed by atoms with Crippen LogP contribution in [0.3, 0.4) is 0 Å². The Balaban J connectivity index is 1.36. The minimum absolute atomic E-state index is 0.194. The molecule has 1 aliphatic carbocycles. The number of alkyl halides is 3. The van der Waals surface area contributed by atoms with Gasteiger partial charge in [0.2, 0.25) is 5.91 Å². The Bertz CT molecular complexity index is 1480. The second-order valence-corrected chi connectivity index (χ2v) is 10.0. The number of nitrogens with zero attached hydrogens (tertiary/aromatic N) is 4. The standard InChI is InChI=1S/C29H26F4N4O/c30-24-9-6-19(7-10-24)27-25(18-35-12-14-36(15-13-35)28(38)20-4-5-20)37-17-22(8-11-26(37)34-27)21-2-1-3-23(16-21)29(31,32)33/h1-3,6-11,16-17,20H,4-5,12-15,18H2. The molecule has 5 nitrogen and oxygen atoms in total. The van der Waals surface area contributed by atoms with Crippen molar-refractivity contribution in [1.82, 2.24) is 19.2 Å². The Morgan fingerprint density at radius 1 is 0.895 bits per heavy atom. The fourth-order valence-corrected chi connectivity index (χ4v) is 5.06. The van der Waals surface area contributed by atoms with E-state index in [1.54, 1.807) is 30.3 Å². The Morgan fingerprint density at radius 3 is 2.29 bits per heavy atom. The molecule has 1 saturated heterocycles. The van der Waals surface area contributed by atoms with Crippen molar-refractivity contribution in [3.05, 3.63) is 83.9 Å². The molecule has 1 aliphatic heterocycles. The van der Waals surface area contributed by atoms with Gasteiger partial charge in [-0.15, -0.1) is 0 Å². The normalized spacial score (nSPS) is 16.8. The lowest BCUT2D eigenvalue weighted by Crippen LogP contribution is -2.48. The molecule has 2 aromatic carbocycles. The molecule has 0 bridgehead atoms. The highest BCUT2D eigenvalue weighted by molar-refractivity contribution is 5.81. The SMILES string of the molecule is O=C(C1CC1)N1CCN(Cc2c(-c3ccc(F)cc3)nc3ccc(-c4cccc(C(F)(F)F)c4)cn23)CC1. The van der Waals surface area contributed by atoms with E-state index in [4.69, 9.17) is 4.98 Å². The average molecular weight is 523 g/mol. The number of benzene rings is 2. The summed E-state index contributed by atoms with van der Waals surface area (Å²) in [6.45, 7) is 3.27. The molecule has 0 radical (unpaired) electrons. The van der Waals surface area contributed by atoms with E-state index in [0.29, 0.717) is 55.2 Å². The van der Waals surface area contributed by atoms with Crippen molar-refractivity contribution in [2.45, 2.75) is 25.6 Å². The summed E-state index contributed by atoms with van der Waals surface area (Å²) < 4.78 is 55.6. The number of rotatable bonds is 5. The summed E-state index contributed by atoms with van der Waals surface area (Å²) in [6.07, 6.45) is -0.654. The molecule has 4 aromatic rings. The fourth-order valence-electron chi connectivity index (χ4n) is 5.06. The average Bonchev–Trinajstić information content (AvgIpc) is 3.71. The number of amides is 1. The number of fused-ring (bicyclic) bond motifs is 1. The van der Waals surface area contributed by atoms with E-state index < -0.39 is 11.7 Å². The lowest BCUT2D eigenvalue weighted by molar-refractivity contribution is -0.137. The molecule has 2 aliphatic rings. The van der Waals surface area contributed by atoms with Crippen molar-refractivity contribution >= 4 is 11.6 Å². The minimum Gasteiger partial charge on any atom is -0.340 e. The molecule has 6 rings (SSSR count). The number of carbonyl (C=O) groups excluding carboxylic acids is 1. The van der Waals surface area contributed by atoms with E-state index in [2.05, 4.69) is 4.90 Å². The van der Waals surface area contributed by atoms with Gasteiger partial charge < -0.3 is 9.30 Å². The molecule has 0 spiro atoms. The van der Waals surface area contributed by atoms with Crippen molar-refractivity contribution < 1.29 is 22.4 Å². The highest BCUT2D eigenvalue weighted by Gasteiger charge is 2.35. The Labute approximate surface area is 217 Å². The van der Waals surface area contributed by atoms with Crippen LogP contribution in [0, 0.1) is 11.7 Å².